The number of amides is 1. The van der Waals surface area contributed by atoms with Crippen LogP contribution in [0.25, 0.3) is 32.0 Å². The van der Waals surface area contributed by atoms with Crippen molar-refractivity contribution in [3.8, 4) is 10.7 Å². The van der Waals surface area contributed by atoms with E-state index in [0.29, 0.717) is 34.4 Å². The van der Waals surface area contributed by atoms with Gasteiger partial charge in [-0.3, -0.25) is 14.4 Å². The summed E-state index contributed by atoms with van der Waals surface area (Å²) in [5, 5.41) is 10.3. The van der Waals surface area contributed by atoms with Gasteiger partial charge in [-0.15, -0.1) is 14.9 Å². The number of sulfonamides is 1. The molecule has 1 amide bonds. The minimum atomic E-state index is -4.75. The van der Waals surface area contributed by atoms with Crippen LogP contribution in [0.2, 0.25) is 0 Å². The Kier molecular flexibility index (Phi) is 7.68. The summed E-state index contributed by atoms with van der Waals surface area (Å²) in [5.41, 5.74) is -1.80. The molecule has 246 valence electrons. The van der Waals surface area contributed by atoms with E-state index in [4.69, 9.17) is 11.3 Å². The summed E-state index contributed by atoms with van der Waals surface area (Å²) in [6.45, 7) is 11.1. The number of benzene rings is 1. The van der Waals surface area contributed by atoms with Crippen molar-refractivity contribution >= 4 is 43.9 Å². The molecule has 1 saturated heterocycles. The van der Waals surface area contributed by atoms with Crippen LogP contribution in [0.15, 0.2) is 23.1 Å². The number of carbonyl (C=O) groups excluding carboxylic acids is 1. The van der Waals surface area contributed by atoms with Gasteiger partial charge in [0.25, 0.3) is 12.1 Å². The van der Waals surface area contributed by atoms with Gasteiger partial charge in [-0.2, -0.15) is 18.3 Å². The second kappa shape index (κ2) is 10.9. The molecule has 46 heavy (non-hydrogen) atoms. The number of carbonyl (C=O) groups is 1. The van der Waals surface area contributed by atoms with Gasteiger partial charge in [0.15, 0.2) is 10.0 Å². The number of aromatic nitrogens is 4. The average molecular weight is 686 g/mol. The van der Waals surface area contributed by atoms with Gasteiger partial charge >= 0.3 is 12.3 Å². The largest absolute Gasteiger partial charge is 0.444 e. The molecule has 2 atom stereocenters. The number of rotatable bonds is 7. The van der Waals surface area contributed by atoms with Gasteiger partial charge in [0.05, 0.1) is 29.3 Å². The Morgan fingerprint density at radius 2 is 1.93 bits per heavy atom. The first-order valence-electron chi connectivity index (χ1n) is 14.3. The van der Waals surface area contributed by atoms with Crippen LogP contribution in [0.3, 0.4) is 0 Å². The van der Waals surface area contributed by atoms with Gasteiger partial charge in [0.1, 0.15) is 17.8 Å². The molecule has 4 heterocycles. The predicted octanol–water partition coefficient (Wildman–Crippen LogP) is 6.30. The number of nitrogens with zero attached hydrogens (tertiary/aromatic N) is 6. The molecule has 1 aromatic carbocycles. The van der Waals surface area contributed by atoms with E-state index in [-0.39, 0.29) is 57.4 Å². The van der Waals surface area contributed by atoms with E-state index < -0.39 is 57.6 Å². The summed E-state index contributed by atoms with van der Waals surface area (Å²) in [6, 6.07) is 1.51. The molecule has 0 spiro atoms. The van der Waals surface area contributed by atoms with Gasteiger partial charge in [-0.1, -0.05) is 17.4 Å². The molecule has 3 aromatic rings. The van der Waals surface area contributed by atoms with Crippen molar-refractivity contribution in [3.05, 3.63) is 40.2 Å². The van der Waals surface area contributed by atoms with Crippen LogP contribution in [0.4, 0.5) is 26.7 Å². The highest BCUT2D eigenvalue weighted by Gasteiger charge is 2.54. The summed E-state index contributed by atoms with van der Waals surface area (Å²) < 4.78 is 104. The Morgan fingerprint density at radius 1 is 1.22 bits per heavy atom. The van der Waals surface area contributed by atoms with Crippen LogP contribution in [-0.4, -0.2) is 68.9 Å². The number of halogens is 5. The van der Waals surface area contributed by atoms with Crippen molar-refractivity contribution in [1.82, 2.24) is 29.6 Å². The molecular weight excluding hydrogens is 657 g/mol. The normalized spacial score (nSPS) is 21.0. The van der Waals surface area contributed by atoms with E-state index in [9.17, 15) is 35.2 Å². The topological polar surface area (TPSA) is 124 Å². The van der Waals surface area contributed by atoms with E-state index in [1.165, 1.54) is 6.07 Å². The van der Waals surface area contributed by atoms with Gasteiger partial charge < -0.3 is 4.74 Å². The number of nitrogens with one attached hydrogen (secondary N) is 1. The third kappa shape index (κ3) is 6.19. The molecule has 1 N–H and O–H groups in total. The van der Waals surface area contributed by atoms with Gasteiger partial charge in [-0.05, 0) is 57.7 Å². The molecule has 2 unspecified atom stereocenters. The van der Waals surface area contributed by atoms with E-state index in [0.717, 1.165) is 6.07 Å². The van der Waals surface area contributed by atoms with Crippen LogP contribution in [0.1, 0.15) is 69.9 Å². The molecule has 2 aromatic heterocycles. The van der Waals surface area contributed by atoms with Crippen LogP contribution < -0.4 is 4.72 Å². The Bertz CT molecular complexity index is 1900. The molecule has 3 aliphatic rings. The maximum atomic E-state index is 13.9. The molecule has 0 radical (unpaired) electrons. The molecule has 2 fully saturated rings. The minimum Gasteiger partial charge on any atom is -0.444 e. The third-order valence-electron chi connectivity index (χ3n) is 7.89. The predicted molar refractivity (Wildman–Crippen MR) is 156 cm³/mol. The fraction of sp³-hybridized carbons (Fsp3) is 0.536. The number of hydrogen-bond acceptors (Lipinski definition) is 8. The SMILES string of the molecule is [C-]#[N+]C1(NS(=O)(=O)c2cc(C3=CC4CCC(C3)N4C(=O)OC(C)(C)C)c3c(c2)c(-c2nnc(C(F)F)s2)nn3CC(F)(F)F)CC1. The highest BCUT2D eigenvalue weighted by atomic mass is 32.2. The van der Waals surface area contributed by atoms with Gasteiger partial charge in [-0.25, -0.2) is 28.6 Å². The summed E-state index contributed by atoms with van der Waals surface area (Å²) >= 11 is 0.430. The number of fused-ring (bicyclic) bond motifs is 3. The average Bonchev–Trinajstić information content (AvgIpc) is 3.24. The van der Waals surface area contributed by atoms with E-state index >= 15 is 0 Å². The lowest BCUT2D eigenvalue weighted by molar-refractivity contribution is -0.141. The van der Waals surface area contributed by atoms with Gasteiger partial charge in [0.2, 0.25) is 10.0 Å². The smallest absolute Gasteiger partial charge is 0.411 e. The van der Waals surface area contributed by atoms with Crippen molar-refractivity contribution in [2.45, 2.75) is 100 Å². The second-order valence-electron chi connectivity index (χ2n) is 12.6. The lowest BCUT2D eigenvalue weighted by atomic mass is 9.93. The number of ether oxygens (including phenoxy) is 1. The Balaban J connectivity index is 1.56. The third-order valence-corrected chi connectivity index (χ3v) is 10.3. The summed E-state index contributed by atoms with van der Waals surface area (Å²) in [4.78, 5) is 17.7. The quantitative estimate of drug-likeness (QED) is 0.229. The molecule has 1 aliphatic carbocycles. The Hall–Kier alpha value is -3.69. The van der Waals surface area contributed by atoms with Crippen molar-refractivity contribution in [2.75, 3.05) is 0 Å². The second-order valence-corrected chi connectivity index (χ2v) is 15.3. The highest BCUT2D eigenvalue weighted by Crippen LogP contribution is 2.45. The lowest BCUT2D eigenvalue weighted by Gasteiger charge is -2.35. The first kappa shape index (κ1) is 32.3. The summed E-state index contributed by atoms with van der Waals surface area (Å²) in [5.74, 6) is 0. The number of alkyl halides is 5. The maximum Gasteiger partial charge on any atom is 0.411 e. The van der Waals surface area contributed by atoms with E-state index in [1.54, 1.807) is 31.7 Å². The van der Waals surface area contributed by atoms with E-state index in [2.05, 4.69) is 24.9 Å². The number of hydrogen-bond donors (Lipinski definition) is 1. The molecule has 1 saturated carbocycles. The summed E-state index contributed by atoms with van der Waals surface area (Å²) in [7, 11) is -4.40. The zero-order chi connectivity index (χ0) is 33.4. The molecule has 11 nitrogen and oxygen atoms in total. The lowest BCUT2D eigenvalue weighted by Crippen LogP contribution is -2.45. The molecule has 2 bridgehead atoms. The van der Waals surface area contributed by atoms with Crippen molar-refractivity contribution in [2.24, 2.45) is 0 Å². The van der Waals surface area contributed by atoms with Crippen LogP contribution in [0.5, 0.6) is 0 Å². The highest BCUT2D eigenvalue weighted by molar-refractivity contribution is 7.89. The first-order chi connectivity index (χ1) is 21.4. The van der Waals surface area contributed by atoms with E-state index in [1.807, 2.05) is 0 Å². The van der Waals surface area contributed by atoms with Crippen LogP contribution >= 0.6 is 11.3 Å². The fourth-order valence-electron chi connectivity index (χ4n) is 5.84. The van der Waals surface area contributed by atoms with Crippen molar-refractivity contribution in [1.29, 1.82) is 0 Å². The summed E-state index contributed by atoms with van der Waals surface area (Å²) in [6.07, 6.45) is -4.68. The Labute approximate surface area is 264 Å². The molecule has 6 rings (SSSR count). The van der Waals surface area contributed by atoms with Crippen molar-refractivity contribution < 1.29 is 39.9 Å². The standard InChI is InChI=1S/C28H28F5N7O4S2/c1-26(2,3)44-25(41)40-15-5-6-16(40)10-14(9-15)18-11-17(46(42,43)38-27(34-4)7-8-27)12-19-20(23-35-36-24(45-23)22(29)30)37-39(21(18)19)13-28(31,32)33/h9,11-12,15-16,22,38H,5-8,10,13H2,1-3H3. The zero-order valence-corrected chi connectivity index (χ0v) is 26.4. The molecular formula is C28H28F5N7O4S2. The Morgan fingerprint density at radius 3 is 2.50 bits per heavy atom. The first-order valence-corrected chi connectivity index (χ1v) is 16.6. The van der Waals surface area contributed by atoms with Crippen LogP contribution in [-0.2, 0) is 21.3 Å². The minimum absolute atomic E-state index is 0.0745. The maximum absolute atomic E-state index is 13.9. The van der Waals surface area contributed by atoms with Gasteiger partial charge in [0, 0.05) is 17.0 Å². The fourth-order valence-corrected chi connectivity index (χ4v) is 7.96. The molecule has 18 heteroatoms. The van der Waals surface area contributed by atoms with Crippen molar-refractivity contribution in [3.63, 3.8) is 0 Å². The molecule has 2 aliphatic heterocycles. The zero-order valence-electron chi connectivity index (χ0n) is 24.7. The van der Waals surface area contributed by atoms with Crippen LogP contribution in [0, 0.1) is 6.57 Å². The monoisotopic (exact) mass is 685 g/mol.